The number of nitrogens with one attached hydrogen (secondary N) is 1. The van der Waals surface area contributed by atoms with Gasteiger partial charge in [-0.05, 0) is 36.4 Å². The van der Waals surface area contributed by atoms with Gasteiger partial charge in [-0.3, -0.25) is 0 Å². The number of oxazole rings is 1. The van der Waals surface area contributed by atoms with Gasteiger partial charge in [0.2, 0.25) is 0 Å². The van der Waals surface area contributed by atoms with E-state index in [0.29, 0.717) is 23.0 Å². The zero-order valence-electron chi connectivity index (χ0n) is 9.55. The SMILES string of the molecule is Nc1ccc(Nc2nc3ccc(N)cc3o2)cc1. The van der Waals surface area contributed by atoms with Crippen molar-refractivity contribution >= 4 is 34.2 Å². The van der Waals surface area contributed by atoms with E-state index in [1.807, 2.05) is 30.3 Å². The van der Waals surface area contributed by atoms with Crippen LogP contribution in [-0.4, -0.2) is 4.98 Å². The number of anilines is 4. The Bertz CT molecular complexity index is 688. The van der Waals surface area contributed by atoms with Crippen molar-refractivity contribution in [1.82, 2.24) is 4.98 Å². The smallest absolute Gasteiger partial charge is 0.300 e. The molecule has 0 radical (unpaired) electrons. The van der Waals surface area contributed by atoms with Crippen molar-refractivity contribution < 1.29 is 4.42 Å². The lowest BCUT2D eigenvalue weighted by atomic mass is 10.3. The normalized spacial score (nSPS) is 10.7. The predicted molar refractivity (Wildman–Crippen MR) is 72.6 cm³/mol. The first-order valence-corrected chi connectivity index (χ1v) is 5.49. The highest BCUT2D eigenvalue weighted by molar-refractivity contribution is 5.78. The minimum atomic E-state index is 0.431. The molecule has 18 heavy (non-hydrogen) atoms. The molecule has 0 amide bonds. The fourth-order valence-corrected chi connectivity index (χ4v) is 1.68. The number of nitrogens with zero attached hydrogens (tertiary/aromatic N) is 1. The minimum absolute atomic E-state index is 0.431. The Kier molecular flexibility index (Phi) is 2.30. The topological polar surface area (TPSA) is 90.1 Å². The van der Waals surface area contributed by atoms with E-state index in [0.717, 1.165) is 11.2 Å². The van der Waals surface area contributed by atoms with Crippen LogP contribution in [0.4, 0.5) is 23.1 Å². The lowest BCUT2D eigenvalue weighted by Crippen LogP contribution is -1.90. The van der Waals surface area contributed by atoms with Crippen LogP contribution in [-0.2, 0) is 0 Å². The van der Waals surface area contributed by atoms with Crippen LogP contribution < -0.4 is 16.8 Å². The van der Waals surface area contributed by atoms with Crippen LogP contribution in [0.1, 0.15) is 0 Å². The van der Waals surface area contributed by atoms with Crippen molar-refractivity contribution in [3.63, 3.8) is 0 Å². The largest absolute Gasteiger partial charge is 0.423 e. The summed E-state index contributed by atoms with van der Waals surface area (Å²) in [7, 11) is 0. The van der Waals surface area contributed by atoms with E-state index < -0.39 is 0 Å². The molecule has 0 aliphatic rings. The number of fused-ring (bicyclic) bond motifs is 1. The molecular formula is C13H12N4O. The van der Waals surface area contributed by atoms with Crippen molar-refractivity contribution in [1.29, 1.82) is 0 Å². The van der Waals surface area contributed by atoms with Gasteiger partial charge in [0.15, 0.2) is 5.58 Å². The third-order valence-corrected chi connectivity index (χ3v) is 2.57. The second-order valence-corrected chi connectivity index (χ2v) is 3.99. The highest BCUT2D eigenvalue weighted by Gasteiger charge is 2.05. The molecule has 3 rings (SSSR count). The van der Waals surface area contributed by atoms with Crippen LogP contribution in [0.25, 0.3) is 11.1 Å². The lowest BCUT2D eigenvalue weighted by molar-refractivity contribution is 0.623. The van der Waals surface area contributed by atoms with Crippen molar-refractivity contribution in [2.24, 2.45) is 0 Å². The van der Waals surface area contributed by atoms with Crippen LogP contribution >= 0.6 is 0 Å². The summed E-state index contributed by atoms with van der Waals surface area (Å²) in [4.78, 5) is 4.31. The molecule has 90 valence electrons. The van der Waals surface area contributed by atoms with Crippen molar-refractivity contribution in [2.75, 3.05) is 16.8 Å². The van der Waals surface area contributed by atoms with Gasteiger partial charge in [-0.15, -0.1) is 0 Å². The third kappa shape index (κ3) is 1.93. The van der Waals surface area contributed by atoms with Gasteiger partial charge in [-0.1, -0.05) is 0 Å². The van der Waals surface area contributed by atoms with Gasteiger partial charge in [0.25, 0.3) is 6.01 Å². The maximum Gasteiger partial charge on any atom is 0.300 e. The Balaban J connectivity index is 1.92. The maximum absolute atomic E-state index is 5.68. The van der Waals surface area contributed by atoms with Gasteiger partial charge < -0.3 is 21.2 Å². The molecule has 1 aromatic heterocycles. The van der Waals surface area contributed by atoms with Gasteiger partial charge in [0.05, 0.1) is 0 Å². The van der Waals surface area contributed by atoms with Gasteiger partial charge in [-0.2, -0.15) is 4.98 Å². The Hall–Kier alpha value is -2.69. The number of hydrogen-bond donors (Lipinski definition) is 3. The molecule has 0 saturated carbocycles. The Morgan fingerprint density at radius 2 is 1.67 bits per heavy atom. The minimum Gasteiger partial charge on any atom is -0.423 e. The van der Waals surface area contributed by atoms with Gasteiger partial charge in [0.1, 0.15) is 5.52 Å². The third-order valence-electron chi connectivity index (χ3n) is 2.57. The summed E-state index contributed by atoms with van der Waals surface area (Å²) in [6.07, 6.45) is 0. The van der Waals surface area contributed by atoms with Crippen LogP contribution in [0.3, 0.4) is 0 Å². The number of nitrogens with two attached hydrogens (primary N) is 2. The zero-order chi connectivity index (χ0) is 12.5. The van der Waals surface area contributed by atoms with Gasteiger partial charge >= 0.3 is 0 Å². The van der Waals surface area contributed by atoms with Gasteiger partial charge in [-0.25, -0.2) is 0 Å². The van der Waals surface area contributed by atoms with Crippen LogP contribution in [0.2, 0.25) is 0 Å². The summed E-state index contributed by atoms with van der Waals surface area (Å²) < 4.78 is 5.55. The molecule has 0 bridgehead atoms. The Morgan fingerprint density at radius 1 is 0.944 bits per heavy atom. The average Bonchev–Trinajstić information content (AvgIpc) is 2.73. The number of hydrogen-bond acceptors (Lipinski definition) is 5. The van der Waals surface area contributed by atoms with E-state index in [1.165, 1.54) is 0 Å². The molecule has 5 heteroatoms. The molecule has 0 aliphatic carbocycles. The van der Waals surface area contributed by atoms with Crippen molar-refractivity contribution in [3.8, 4) is 0 Å². The van der Waals surface area contributed by atoms with E-state index in [-0.39, 0.29) is 0 Å². The van der Waals surface area contributed by atoms with E-state index in [1.54, 1.807) is 12.1 Å². The molecule has 0 fully saturated rings. The average molecular weight is 240 g/mol. The standard InChI is InChI=1S/C13H12N4O/c14-8-1-4-10(5-2-8)16-13-17-11-6-3-9(15)7-12(11)18-13/h1-7H,14-15H2,(H,16,17). The quantitative estimate of drug-likeness (QED) is 0.599. The summed E-state index contributed by atoms with van der Waals surface area (Å²) in [5.74, 6) is 0. The van der Waals surface area contributed by atoms with E-state index in [2.05, 4.69) is 10.3 Å². The second-order valence-electron chi connectivity index (χ2n) is 3.99. The van der Waals surface area contributed by atoms with Gasteiger partial charge in [0, 0.05) is 23.1 Å². The molecule has 3 aromatic rings. The zero-order valence-corrected chi connectivity index (χ0v) is 9.55. The highest BCUT2D eigenvalue weighted by atomic mass is 16.4. The first kappa shape index (κ1) is 10.5. The molecule has 0 aliphatic heterocycles. The van der Waals surface area contributed by atoms with E-state index in [9.17, 15) is 0 Å². The van der Waals surface area contributed by atoms with E-state index >= 15 is 0 Å². The molecule has 5 nitrogen and oxygen atoms in total. The van der Waals surface area contributed by atoms with Crippen molar-refractivity contribution in [3.05, 3.63) is 42.5 Å². The number of benzene rings is 2. The fourth-order valence-electron chi connectivity index (χ4n) is 1.68. The monoisotopic (exact) mass is 240 g/mol. The summed E-state index contributed by atoms with van der Waals surface area (Å²) >= 11 is 0. The van der Waals surface area contributed by atoms with E-state index in [4.69, 9.17) is 15.9 Å². The number of rotatable bonds is 2. The molecule has 0 unspecified atom stereocenters. The summed E-state index contributed by atoms with van der Waals surface area (Å²) in [5.41, 5.74) is 15.0. The summed E-state index contributed by atoms with van der Waals surface area (Å²) in [6, 6.07) is 13.1. The van der Waals surface area contributed by atoms with Crippen LogP contribution in [0.5, 0.6) is 0 Å². The first-order valence-electron chi connectivity index (χ1n) is 5.49. The molecule has 1 heterocycles. The lowest BCUT2D eigenvalue weighted by Gasteiger charge is -2.00. The molecular weight excluding hydrogens is 228 g/mol. The molecule has 0 atom stereocenters. The van der Waals surface area contributed by atoms with Crippen LogP contribution in [0, 0.1) is 0 Å². The Labute approximate surface area is 103 Å². The molecule has 0 saturated heterocycles. The molecule has 2 aromatic carbocycles. The number of nitrogen functional groups attached to an aromatic ring is 2. The highest BCUT2D eigenvalue weighted by Crippen LogP contribution is 2.23. The number of aromatic nitrogens is 1. The molecule has 5 N–H and O–H groups in total. The fraction of sp³-hybridized carbons (Fsp3) is 0. The first-order chi connectivity index (χ1) is 8.70. The van der Waals surface area contributed by atoms with Crippen LogP contribution in [0.15, 0.2) is 46.9 Å². The van der Waals surface area contributed by atoms with Crippen molar-refractivity contribution in [2.45, 2.75) is 0 Å². The maximum atomic E-state index is 5.68. The summed E-state index contributed by atoms with van der Waals surface area (Å²) in [6.45, 7) is 0. The Morgan fingerprint density at radius 3 is 2.44 bits per heavy atom. The predicted octanol–water partition coefficient (Wildman–Crippen LogP) is 2.74. The molecule has 0 spiro atoms. The summed E-state index contributed by atoms with van der Waals surface area (Å²) in [5, 5.41) is 3.07. The second kappa shape index (κ2) is 3.96.